The highest BCUT2D eigenvalue weighted by molar-refractivity contribution is 8.01. The number of nitrogens with zero attached hydrogens (tertiary/aromatic N) is 1. The summed E-state index contributed by atoms with van der Waals surface area (Å²) in [5, 5.41) is 3.59. The minimum atomic E-state index is -0.128. The van der Waals surface area contributed by atoms with Gasteiger partial charge in [0, 0.05) is 18.6 Å². The van der Waals surface area contributed by atoms with Crippen LogP contribution < -0.4 is 5.32 Å². The second kappa shape index (κ2) is 5.65. The molecule has 3 nitrogen and oxygen atoms in total. The zero-order valence-electron chi connectivity index (χ0n) is 12.0. The van der Waals surface area contributed by atoms with Gasteiger partial charge in [-0.1, -0.05) is 6.42 Å². The van der Waals surface area contributed by atoms with Gasteiger partial charge < -0.3 is 10.2 Å². The topological polar surface area (TPSA) is 32.3 Å². The zero-order chi connectivity index (χ0) is 13.3. The minimum absolute atomic E-state index is 0.128. The number of amides is 1. The lowest BCUT2D eigenvalue weighted by Crippen LogP contribution is -2.51. The van der Waals surface area contributed by atoms with Crippen molar-refractivity contribution in [1.82, 2.24) is 10.2 Å². The van der Waals surface area contributed by atoms with Gasteiger partial charge in [-0.3, -0.25) is 4.79 Å². The molecule has 3 rings (SSSR count). The molecule has 19 heavy (non-hydrogen) atoms. The molecule has 1 amide bonds. The van der Waals surface area contributed by atoms with Crippen LogP contribution in [0.4, 0.5) is 0 Å². The minimum Gasteiger partial charge on any atom is -0.337 e. The molecule has 0 aromatic carbocycles. The number of nitrogens with one attached hydrogen (secondary N) is 1. The summed E-state index contributed by atoms with van der Waals surface area (Å²) >= 11 is 1.88. The first-order valence-corrected chi connectivity index (χ1v) is 8.86. The SMILES string of the molecule is CC1(C(=O)N(CC2CCCCN2)C2CC2)CCCS1. The van der Waals surface area contributed by atoms with Crippen LogP contribution >= 0.6 is 11.8 Å². The third-order valence-electron chi connectivity index (χ3n) is 4.75. The molecule has 0 radical (unpaired) electrons. The molecule has 0 aromatic heterocycles. The van der Waals surface area contributed by atoms with Crippen LogP contribution in [-0.2, 0) is 4.79 Å². The molecule has 1 saturated carbocycles. The van der Waals surface area contributed by atoms with E-state index in [0.717, 1.165) is 25.3 Å². The van der Waals surface area contributed by atoms with Gasteiger partial charge in [-0.05, 0) is 57.7 Å². The predicted octanol–water partition coefficient (Wildman–Crippen LogP) is 2.41. The van der Waals surface area contributed by atoms with Gasteiger partial charge in [-0.25, -0.2) is 0 Å². The van der Waals surface area contributed by atoms with Crippen LogP contribution in [0.15, 0.2) is 0 Å². The highest BCUT2D eigenvalue weighted by atomic mass is 32.2. The van der Waals surface area contributed by atoms with Crippen LogP contribution in [-0.4, -0.2) is 46.5 Å². The molecule has 0 aromatic rings. The Morgan fingerprint density at radius 2 is 2.16 bits per heavy atom. The number of carbonyl (C=O) groups is 1. The molecule has 0 bridgehead atoms. The molecule has 1 N–H and O–H groups in total. The fourth-order valence-corrected chi connectivity index (χ4v) is 4.62. The van der Waals surface area contributed by atoms with E-state index >= 15 is 0 Å². The lowest BCUT2D eigenvalue weighted by Gasteiger charge is -2.35. The smallest absolute Gasteiger partial charge is 0.238 e. The summed E-state index contributed by atoms with van der Waals surface area (Å²) in [5.74, 6) is 1.58. The Morgan fingerprint density at radius 3 is 2.74 bits per heavy atom. The second-order valence-electron chi connectivity index (χ2n) is 6.52. The number of hydrogen-bond acceptors (Lipinski definition) is 3. The summed E-state index contributed by atoms with van der Waals surface area (Å²) < 4.78 is -0.128. The molecule has 2 saturated heterocycles. The highest BCUT2D eigenvalue weighted by Crippen LogP contribution is 2.41. The third kappa shape index (κ3) is 3.10. The molecule has 3 fully saturated rings. The van der Waals surface area contributed by atoms with Crippen molar-refractivity contribution >= 4 is 17.7 Å². The summed E-state index contributed by atoms with van der Waals surface area (Å²) in [6.45, 7) is 4.24. The lowest BCUT2D eigenvalue weighted by atomic mass is 10.0. The quantitative estimate of drug-likeness (QED) is 0.859. The second-order valence-corrected chi connectivity index (χ2v) is 8.12. The Bertz CT molecular complexity index is 331. The maximum atomic E-state index is 12.9. The monoisotopic (exact) mass is 282 g/mol. The first kappa shape index (κ1) is 13.7. The summed E-state index contributed by atoms with van der Waals surface area (Å²) in [7, 11) is 0. The highest BCUT2D eigenvalue weighted by Gasteiger charge is 2.44. The lowest BCUT2D eigenvalue weighted by molar-refractivity contribution is -0.134. The van der Waals surface area contributed by atoms with Gasteiger partial charge in [-0.2, -0.15) is 0 Å². The van der Waals surface area contributed by atoms with Crippen molar-refractivity contribution in [2.75, 3.05) is 18.8 Å². The van der Waals surface area contributed by atoms with Crippen LogP contribution in [0.25, 0.3) is 0 Å². The molecule has 2 aliphatic heterocycles. The number of thioether (sulfide) groups is 1. The number of piperidine rings is 1. The zero-order valence-corrected chi connectivity index (χ0v) is 12.8. The van der Waals surface area contributed by atoms with E-state index in [2.05, 4.69) is 17.1 Å². The number of carbonyl (C=O) groups excluding carboxylic acids is 1. The molecule has 4 heteroatoms. The van der Waals surface area contributed by atoms with Gasteiger partial charge in [0.1, 0.15) is 0 Å². The van der Waals surface area contributed by atoms with Gasteiger partial charge in [-0.15, -0.1) is 11.8 Å². The molecule has 1 aliphatic carbocycles. The van der Waals surface area contributed by atoms with Gasteiger partial charge in [0.2, 0.25) is 5.91 Å². The first-order chi connectivity index (χ1) is 9.19. The Hall–Kier alpha value is -0.220. The van der Waals surface area contributed by atoms with Crippen molar-refractivity contribution < 1.29 is 4.79 Å². The Kier molecular flexibility index (Phi) is 4.08. The van der Waals surface area contributed by atoms with E-state index in [4.69, 9.17) is 0 Å². The van der Waals surface area contributed by atoms with E-state index in [1.165, 1.54) is 38.5 Å². The normalized spacial score (nSPS) is 35.3. The van der Waals surface area contributed by atoms with Crippen molar-refractivity contribution in [2.45, 2.75) is 68.7 Å². The van der Waals surface area contributed by atoms with Gasteiger partial charge in [0.05, 0.1) is 4.75 Å². The third-order valence-corrected chi connectivity index (χ3v) is 6.26. The van der Waals surface area contributed by atoms with Gasteiger partial charge in [0.15, 0.2) is 0 Å². The van der Waals surface area contributed by atoms with E-state index in [0.29, 0.717) is 18.0 Å². The van der Waals surface area contributed by atoms with Crippen LogP contribution in [0.3, 0.4) is 0 Å². The standard InChI is InChI=1S/C15H26N2OS/c1-15(8-4-10-19-15)14(18)17(13-6-7-13)11-12-5-2-3-9-16-12/h12-13,16H,2-11H2,1H3. The van der Waals surface area contributed by atoms with Crippen LogP contribution in [0.2, 0.25) is 0 Å². The molecular weight excluding hydrogens is 256 g/mol. The summed E-state index contributed by atoms with van der Waals surface area (Å²) in [5.41, 5.74) is 0. The van der Waals surface area contributed by atoms with Crippen LogP contribution in [0.1, 0.15) is 51.9 Å². The first-order valence-electron chi connectivity index (χ1n) is 7.87. The van der Waals surface area contributed by atoms with Crippen molar-refractivity contribution in [3.05, 3.63) is 0 Å². The molecule has 3 aliphatic rings. The molecule has 108 valence electrons. The van der Waals surface area contributed by atoms with Crippen molar-refractivity contribution in [2.24, 2.45) is 0 Å². The molecule has 2 heterocycles. The van der Waals surface area contributed by atoms with E-state index in [-0.39, 0.29) is 4.75 Å². The van der Waals surface area contributed by atoms with E-state index in [1.54, 1.807) is 0 Å². The van der Waals surface area contributed by atoms with Crippen LogP contribution in [0, 0.1) is 0 Å². The van der Waals surface area contributed by atoms with Crippen molar-refractivity contribution in [3.63, 3.8) is 0 Å². The summed E-state index contributed by atoms with van der Waals surface area (Å²) in [6, 6.07) is 1.09. The Morgan fingerprint density at radius 1 is 1.32 bits per heavy atom. The predicted molar refractivity (Wildman–Crippen MR) is 80.5 cm³/mol. The average Bonchev–Trinajstić information content (AvgIpc) is 3.18. The van der Waals surface area contributed by atoms with Crippen LogP contribution in [0.5, 0.6) is 0 Å². The largest absolute Gasteiger partial charge is 0.337 e. The van der Waals surface area contributed by atoms with E-state index in [1.807, 2.05) is 11.8 Å². The maximum Gasteiger partial charge on any atom is 0.238 e. The van der Waals surface area contributed by atoms with Crippen molar-refractivity contribution in [1.29, 1.82) is 0 Å². The molecular formula is C15H26N2OS. The summed E-state index contributed by atoms with van der Waals surface area (Å²) in [4.78, 5) is 15.1. The molecule has 0 spiro atoms. The maximum absolute atomic E-state index is 12.9. The fourth-order valence-electron chi connectivity index (χ4n) is 3.35. The van der Waals surface area contributed by atoms with Gasteiger partial charge in [0.25, 0.3) is 0 Å². The average molecular weight is 282 g/mol. The number of hydrogen-bond donors (Lipinski definition) is 1. The fraction of sp³-hybridized carbons (Fsp3) is 0.933. The summed E-state index contributed by atoms with van der Waals surface area (Å²) in [6.07, 6.45) is 8.56. The number of rotatable bonds is 4. The van der Waals surface area contributed by atoms with E-state index < -0.39 is 0 Å². The Balaban J connectivity index is 1.64. The molecule has 2 unspecified atom stereocenters. The molecule has 2 atom stereocenters. The van der Waals surface area contributed by atoms with E-state index in [9.17, 15) is 4.79 Å². The van der Waals surface area contributed by atoms with Gasteiger partial charge >= 0.3 is 0 Å². The Labute approximate surface area is 120 Å². The van der Waals surface area contributed by atoms with Crippen molar-refractivity contribution in [3.8, 4) is 0 Å².